The Labute approximate surface area is 128 Å². The summed E-state index contributed by atoms with van der Waals surface area (Å²) in [6, 6.07) is 10.4. The van der Waals surface area contributed by atoms with E-state index in [9.17, 15) is 9.59 Å². The van der Waals surface area contributed by atoms with E-state index in [1.807, 2.05) is 18.2 Å². The van der Waals surface area contributed by atoms with Crippen LogP contribution in [0.5, 0.6) is 5.75 Å². The fourth-order valence-corrected chi connectivity index (χ4v) is 1.95. The molecule has 1 N–H and O–H groups in total. The van der Waals surface area contributed by atoms with Crippen molar-refractivity contribution in [1.82, 2.24) is 4.98 Å². The highest BCUT2D eigenvalue weighted by Crippen LogP contribution is 2.18. The van der Waals surface area contributed by atoms with Crippen molar-refractivity contribution in [3.8, 4) is 5.75 Å². The van der Waals surface area contributed by atoms with Crippen LogP contribution >= 0.6 is 0 Å². The number of hydrogen-bond donors (Lipinski definition) is 1. The molecular weight excluding hydrogens is 284 g/mol. The first kappa shape index (κ1) is 15.5. The van der Waals surface area contributed by atoms with Crippen LogP contribution in [0.4, 0.5) is 5.69 Å². The van der Waals surface area contributed by atoms with E-state index in [2.05, 4.69) is 15.0 Å². The van der Waals surface area contributed by atoms with Crippen LogP contribution in [0.25, 0.3) is 0 Å². The minimum atomic E-state index is -0.555. The molecule has 0 fully saturated rings. The maximum atomic E-state index is 12.1. The monoisotopic (exact) mass is 300 g/mol. The number of aromatic nitrogens is 1. The largest absolute Gasteiger partial charge is 0.496 e. The van der Waals surface area contributed by atoms with Crippen LogP contribution in [-0.4, -0.2) is 31.1 Å². The Kier molecular flexibility index (Phi) is 5.08. The molecule has 0 spiro atoms. The van der Waals surface area contributed by atoms with E-state index < -0.39 is 5.97 Å². The number of rotatable bonds is 5. The number of carbonyl (C=O) groups excluding carboxylic acids is 2. The number of anilines is 1. The number of esters is 1. The molecule has 22 heavy (non-hydrogen) atoms. The summed E-state index contributed by atoms with van der Waals surface area (Å²) >= 11 is 0. The van der Waals surface area contributed by atoms with E-state index in [1.165, 1.54) is 19.4 Å². The lowest BCUT2D eigenvalue weighted by Gasteiger charge is -2.09. The Hall–Kier alpha value is -2.89. The van der Waals surface area contributed by atoms with E-state index in [-0.39, 0.29) is 18.0 Å². The number of carbonyl (C=O) groups is 2. The van der Waals surface area contributed by atoms with Crippen LogP contribution in [-0.2, 0) is 16.0 Å². The molecule has 1 amide bonds. The summed E-state index contributed by atoms with van der Waals surface area (Å²) in [6.07, 6.45) is 1.60. The molecule has 2 rings (SSSR count). The smallest absolute Gasteiger partial charge is 0.356 e. The molecule has 0 aliphatic rings. The summed E-state index contributed by atoms with van der Waals surface area (Å²) in [5.41, 5.74) is 1.40. The number of para-hydroxylation sites is 1. The van der Waals surface area contributed by atoms with Crippen molar-refractivity contribution in [1.29, 1.82) is 0 Å². The van der Waals surface area contributed by atoms with Crippen molar-refractivity contribution < 1.29 is 19.1 Å². The Bertz CT molecular complexity index is 685. The van der Waals surface area contributed by atoms with Crippen molar-refractivity contribution in [3.05, 3.63) is 53.9 Å². The first-order valence-corrected chi connectivity index (χ1v) is 6.60. The summed E-state index contributed by atoms with van der Waals surface area (Å²) < 4.78 is 9.80. The second-order valence-corrected chi connectivity index (χ2v) is 4.46. The van der Waals surface area contributed by atoms with Gasteiger partial charge in [-0.1, -0.05) is 18.2 Å². The topological polar surface area (TPSA) is 77.5 Å². The predicted molar refractivity (Wildman–Crippen MR) is 80.9 cm³/mol. The van der Waals surface area contributed by atoms with Crippen molar-refractivity contribution in [2.45, 2.75) is 6.42 Å². The van der Waals surface area contributed by atoms with Gasteiger partial charge in [-0.15, -0.1) is 0 Å². The molecule has 1 aromatic heterocycles. The normalized spacial score (nSPS) is 9.91. The van der Waals surface area contributed by atoms with Gasteiger partial charge >= 0.3 is 5.97 Å². The average molecular weight is 300 g/mol. The third kappa shape index (κ3) is 3.82. The van der Waals surface area contributed by atoms with Gasteiger partial charge in [-0.05, 0) is 18.2 Å². The molecule has 114 valence electrons. The van der Waals surface area contributed by atoms with Crippen LogP contribution in [0, 0.1) is 0 Å². The van der Waals surface area contributed by atoms with Crippen LogP contribution in [0.3, 0.4) is 0 Å². The van der Waals surface area contributed by atoms with Crippen molar-refractivity contribution in [2.24, 2.45) is 0 Å². The number of pyridine rings is 1. The van der Waals surface area contributed by atoms with Crippen molar-refractivity contribution in [2.75, 3.05) is 19.5 Å². The molecular formula is C16H16N2O4. The van der Waals surface area contributed by atoms with Crippen LogP contribution in [0.1, 0.15) is 16.1 Å². The summed E-state index contributed by atoms with van der Waals surface area (Å²) in [7, 11) is 2.83. The van der Waals surface area contributed by atoms with Gasteiger partial charge in [-0.25, -0.2) is 9.78 Å². The fraction of sp³-hybridized carbons (Fsp3) is 0.188. The van der Waals surface area contributed by atoms with Gasteiger partial charge in [0.05, 0.1) is 20.6 Å². The fourth-order valence-electron chi connectivity index (χ4n) is 1.95. The van der Waals surface area contributed by atoms with Crippen LogP contribution < -0.4 is 10.1 Å². The molecule has 6 heteroatoms. The molecule has 0 radical (unpaired) electrons. The molecule has 0 bridgehead atoms. The molecule has 0 unspecified atom stereocenters. The van der Waals surface area contributed by atoms with Gasteiger partial charge in [0.25, 0.3) is 0 Å². The number of nitrogens with zero attached hydrogens (tertiary/aromatic N) is 1. The maximum absolute atomic E-state index is 12.1. The quantitative estimate of drug-likeness (QED) is 0.855. The van der Waals surface area contributed by atoms with Gasteiger partial charge in [0, 0.05) is 17.4 Å². The van der Waals surface area contributed by atoms with Gasteiger partial charge in [-0.2, -0.15) is 0 Å². The van der Waals surface area contributed by atoms with E-state index in [1.54, 1.807) is 19.2 Å². The number of nitrogens with one attached hydrogen (secondary N) is 1. The number of hydrogen-bond acceptors (Lipinski definition) is 5. The lowest BCUT2D eigenvalue weighted by molar-refractivity contribution is -0.115. The maximum Gasteiger partial charge on any atom is 0.356 e. The SMILES string of the molecule is COC(=O)c1cc(NC(=O)Cc2ccccc2OC)ccn1. The number of methoxy groups -OCH3 is 2. The molecule has 0 saturated carbocycles. The van der Waals surface area contributed by atoms with E-state index in [0.29, 0.717) is 11.4 Å². The molecule has 1 aromatic carbocycles. The molecule has 1 heterocycles. The number of benzene rings is 1. The highest BCUT2D eigenvalue weighted by atomic mass is 16.5. The molecule has 6 nitrogen and oxygen atoms in total. The molecule has 0 atom stereocenters. The van der Waals surface area contributed by atoms with Gasteiger partial charge in [0.1, 0.15) is 11.4 Å². The third-order valence-electron chi connectivity index (χ3n) is 2.98. The van der Waals surface area contributed by atoms with Gasteiger partial charge < -0.3 is 14.8 Å². The Morgan fingerprint density at radius 3 is 2.68 bits per heavy atom. The van der Waals surface area contributed by atoms with Crippen LogP contribution in [0.2, 0.25) is 0 Å². The Morgan fingerprint density at radius 1 is 1.18 bits per heavy atom. The third-order valence-corrected chi connectivity index (χ3v) is 2.98. The molecule has 0 saturated heterocycles. The summed E-state index contributed by atoms with van der Waals surface area (Å²) in [5, 5.41) is 2.72. The minimum Gasteiger partial charge on any atom is -0.496 e. The van der Waals surface area contributed by atoms with Gasteiger partial charge in [0.15, 0.2) is 0 Å². The predicted octanol–water partition coefficient (Wildman–Crippen LogP) is 2.06. The van der Waals surface area contributed by atoms with E-state index >= 15 is 0 Å². The minimum absolute atomic E-state index is 0.137. The van der Waals surface area contributed by atoms with Gasteiger partial charge in [-0.3, -0.25) is 4.79 Å². The molecule has 0 aliphatic carbocycles. The average Bonchev–Trinajstić information content (AvgIpc) is 2.54. The summed E-state index contributed by atoms with van der Waals surface area (Å²) in [4.78, 5) is 27.4. The number of ether oxygens (including phenoxy) is 2. The lowest BCUT2D eigenvalue weighted by atomic mass is 10.1. The second kappa shape index (κ2) is 7.21. The summed E-state index contributed by atoms with van der Waals surface area (Å²) in [6.45, 7) is 0. The van der Waals surface area contributed by atoms with Crippen LogP contribution in [0.15, 0.2) is 42.6 Å². The van der Waals surface area contributed by atoms with E-state index in [0.717, 1.165) is 5.56 Å². The number of amides is 1. The van der Waals surface area contributed by atoms with Gasteiger partial charge in [0.2, 0.25) is 5.91 Å². The Morgan fingerprint density at radius 2 is 1.95 bits per heavy atom. The highest BCUT2D eigenvalue weighted by Gasteiger charge is 2.11. The van der Waals surface area contributed by atoms with E-state index in [4.69, 9.17) is 4.74 Å². The first-order chi connectivity index (χ1) is 10.6. The lowest BCUT2D eigenvalue weighted by Crippen LogP contribution is -2.15. The standard InChI is InChI=1S/C16H16N2O4/c1-21-14-6-4-3-5-11(14)9-15(19)18-12-7-8-17-13(10-12)16(20)22-2/h3-8,10H,9H2,1-2H3,(H,17,18,19). The Balaban J connectivity index is 2.07. The second-order valence-electron chi connectivity index (χ2n) is 4.46. The zero-order valence-corrected chi connectivity index (χ0v) is 12.3. The first-order valence-electron chi connectivity index (χ1n) is 6.60. The molecule has 0 aliphatic heterocycles. The molecule has 2 aromatic rings. The zero-order chi connectivity index (χ0) is 15.9. The zero-order valence-electron chi connectivity index (χ0n) is 12.3. The van der Waals surface area contributed by atoms with Crippen molar-refractivity contribution in [3.63, 3.8) is 0 Å². The van der Waals surface area contributed by atoms with Crippen molar-refractivity contribution >= 4 is 17.6 Å². The highest BCUT2D eigenvalue weighted by molar-refractivity contribution is 5.94. The summed E-state index contributed by atoms with van der Waals surface area (Å²) in [5.74, 6) is -0.116.